The first-order valence-corrected chi connectivity index (χ1v) is 8.97. The minimum Gasteiger partial charge on any atom is -0.491 e. The minimum atomic E-state index is 0.0997. The molecule has 0 aliphatic carbocycles. The van der Waals surface area contributed by atoms with Crippen LogP contribution in [0.4, 0.5) is 0 Å². The summed E-state index contributed by atoms with van der Waals surface area (Å²) < 4.78 is 11.4. The van der Waals surface area contributed by atoms with Gasteiger partial charge in [-0.05, 0) is 56.7 Å². The highest BCUT2D eigenvalue weighted by molar-refractivity contribution is 6.30. The Bertz CT molecular complexity index is 988. The second kappa shape index (κ2) is 6.61. The van der Waals surface area contributed by atoms with E-state index in [1.165, 1.54) is 0 Å². The number of halogens is 1. The van der Waals surface area contributed by atoms with Gasteiger partial charge >= 0.3 is 0 Å². The zero-order valence-electron chi connectivity index (χ0n) is 14.9. The zero-order valence-corrected chi connectivity index (χ0v) is 15.7. The van der Waals surface area contributed by atoms with Gasteiger partial charge in [0, 0.05) is 16.1 Å². The smallest absolute Gasteiger partial charge is 0.166 e. The van der Waals surface area contributed by atoms with Gasteiger partial charge in [0.15, 0.2) is 5.76 Å². The number of hydrogen-bond donors (Lipinski definition) is 0. The third kappa shape index (κ3) is 3.01. The summed E-state index contributed by atoms with van der Waals surface area (Å²) in [5.74, 6) is 1.60. The fraction of sp³-hybridized carbons (Fsp3) is 0.238. The van der Waals surface area contributed by atoms with Gasteiger partial charge in [-0.3, -0.25) is 4.99 Å². The second-order valence-corrected chi connectivity index (χ2v) is 7.05. The van der Waals surface area contributed by atoms with Crippen LogP contribution in [0.3, 0.4) is 0 Å². The van der Waals surface area contributed by atoms with Crippen molar-refractivity contribution in [3.8, 4) is 16.9 Å². The highest BCUT2D eigenvalue weighted by Crippen LogP contribution is 2.37. The molecule has 0 unspecified atom stereocenters. The summed E-state index contributed by atoms with van der Waals surface area (Å²) in [7, 11) is 0. The fourth-order valence-corrected chi connectivity index (χ4v) is 3.37. The summed E-state index contributed by atoms with van der Waals surface area (Å²) >= 11 is 6.06. The van der Waals surface area contributed by atoms with Gasteiger partial charge in [0.05, 0.1) is 23.1 Å². The summed E-state index contributed by atoms with van der Waals surface area (Å²) in [6, 6.07) is 13.8. The molecular weight excluding hydrogens is 348 g/mol. The molecule has 0 atom stereocenters. The van der Waals surface area contributed by atoms with Crippen LogP contribution < -0.4 is 4.74 Å². The van der Waals surface area contributed by atoms with Gasteiger partial charge in [0.2, 0.25) is 0 Å². The van der Waals surface area contributed by atoms with Gasteiger partial charge in [-0.2, -0.15) is 0 Å². The van der Waals surface area contributed by atoms with Crippen molar-refractivity contribution in [3.63, 3.8) is 0 Å². The van der Waals surface area contributed by atoms with E-state index in [4.69, 9.17) is 25.9 Å². The lowest BCUT2D eigenvalue weighted by atomic mass is 9.93. The lowest BCUT2D eigenvalue weighted by Crippen LogP contribution is -2.08. The number of nitrogens with zero attached hydrogens (tertiary/aromatic N) is 2. The van der Waals surface area contributed by atoms with Crippen molar-refractivity contribution in [2.45, 2.75) is 33.4 Å². The first kappa shape index (κ1) is 16.9. The number of benzene rings is 2. The molecule has 1 aliphatic heterocycles. The van der Waals surface area contributed by atoms with Crippen LogP contribution in [-0.4, -0.2) is 17.0 Å². The monoisotopic (exact) mass is 366 g/mol. The van der Waals surface area contributed by atoms with Crippen LogP contribution in [-0.2, 0) is 6.54 Å². The molecule has 132 valence electrons. The highest BCUT2D eigenvalue weighted by atomic mass is 35.5. The fourth-order valence-electron chi connectivity index (χ4n) is 3.24. The molecule has 1 aromatic heterocycles. The van der Waals surface area contributed by atoms with Gasteiger partial charge in [-0.1, -0.05) is 28.9 Å². The van der Waals surface area contributed by atoms with Crippen LogP contribution in [0, 0.1) is 6.92 Å². The molecule has 0 saturated heterocycles. The van der Waals surface area contributed by atoms with Crippen LogP contribution in [0.1, 0.15) is 36.4 Å². The summed E-state index contributed by atoms with van der Waals surface area (Å²) in [4.78, 5) is 4.82. The highest BCUT2D eigenvalue weighted by Gasteiger charge is 2.24. The molecule has 0 bridgehead atoms. The predicted molar refractivity (Wildman–Crippen MR) is 103 cm³/mol. The molecule has 0 fully saturated rings. The van der Waals surface area contributed by atoms with E-state index < -0.39 is 0 Å². The van der Waals surface area contributed by atoms with E-state index in [2.05, 4.69) is 11.2 Å². The molecule has 5 heteroatoms. The average molecular weight is 367 g/mol. The van der Waals surface area contributed by atoms with Crippen molar-refractivity contribution >= 4 is 17.3 Å². The summed E-state index contributed by atoms with van der Waals surface area (Å²) in [6.07, 6.45) is 0.0997. The van der Waals surface area contributed by atoms with Gasteiger partial charge in [0.25, 0.3) is 0 Å². The molecule has 0 saturated carbocycles. The van der Waals surface area contributed by atoms with Crippen molar-refractivity contribution in [2.75, 3.05) is 0 Å². The molecule has 4 rings (SSSR count). The van der Waals surface area contributed by atoms with E-state index in [-0.39, 0.29) is 6.10 Å². The maximum Gasteiger partial charge on any atom is 0.166 e. The Balaban J connectivity index is 1.92. The third-order valence-corrected chi connectivity index (χ3v) is 4.57. The third-order valence-electron chi connectivity index (χ3n) is 4.32. The van der Waals surface area contributed by atoms with E-state index in [0.29, 0.717) is 11.6 Å². The molecular formula is C21H19ClN2O2. The number of fused-ring (bicyclic) bond motifs is 3. The van der Waals surface area contributed by atoms with Crippen molar-refractivity contribution in [1.29, 1.82) is 0 Å². The number of ether oxygens (including phenoxy) is 1. The number of aryl methyl sites for hydroxylation is 1. The molecule has 1 aliphatic rings. The molecule has 0 N–H and O–H groups in total. The number of hydrogen-bond acceptors (Lipinski definition) is 4. The lowest BCUT2D eigenvalue weighted by Gasteiger charge is -2.15. The topological polar surface area (TPSA) is 47.6 Å². The first-order valence-electron chi connectivity index (χ1n) is 8.60. The van der Waals surface area contributed by atoms with E-state index in [9.17, 15) is 0 Å². The average Bonchev–Trinajstić information content (AvgIpc) is 2.88. The number of aliphatic imine (C=N–C) groups is 1. The van der Waals surface area contributed by atoms with Crippen molar-refractivity contribution < 1.29 is 9.26 Å². The molecule has 4 nitrogen and oxygen atoms in total. The van der Waals surface area contributed by atoms with Gasteiger partial charge in [0.1, 0.15) is 12.3 Å². The Morgan fingerprint density at radius 2 is 1.85 bits per heavy atom. The number of aromatic nitrogens is 1. The molecule has 26 heavy (non-hydrogen) atoms. The van der Waals surface area contributed by atoms with Crippen LogP contribution in [0.25, 0.3) is 11.1 Å². The summed E-state index contributed by atoms with van der Waals surface area (Å²) in [6.45, 7) is 6.44. The predicted octanol–water partition coefficient (Wildman–Crippen LogP) is 5.44. The van der Waals surface area contributed by atoms with Crippen molar-refractivity contribution in [2.24, 2.45) is 4.99 Å². The maximum atomic E-state index is 6.06. The quantitative estimate of drug-likeness (QED) is 0.620. The van der Waals surface area contributed by atoms with Crippen LogP contribution >= 0.6 is 11.6 Å². The first-order chi connectivity index (χ1) is 12.5. The Morgan fingerprint density at radius 1 is 1.08 bits per heavy atom. The minimum absolute atomic E-state index is 0.0997. The Hall–Kier alpha value is -2.59. The van der Waals surface area contributed by atoms with Gasteiger partial charge < -0.3 is 9.26 Å². The molecule has 0 radical (unpaired) electrons. The van der Waals surface area contributed by atoms with E-state index in [0.717, 1.165) is 45.2 Å². The van der Waals surface area contributed by atoms with Crippen molar-refractivity contribution in [1.82, 2.24) is 5.16 Å². The van der Waals surface area contributed by atoms with E-state index in [1.807, 2.05) is 57.2 Å². The Kier molecular flexibility index (Phi) is 4.29. The van der Waals surface area contributed by atoms with E-state index in [1.54, 1.807) is 0 Å². The zero-order chi connectivity index (χ0) is 18.3. The summed E-state index contributed by atoms with van der Waals surface area (Å²) in [5, 5.41) is 4.83. The largest absolute Gasteiger partial charge is 0.491 e. The maximum absolute atomic E-state index is 6.06. The Morgan fingerprint density at radius 3 is 2.58 bits per heavy atom. The molecule has 2 heterocycles. The molecule has 2 aromatic carbocycles. The van der Waals surface area contributed by atoms with Gasteiger partial charge in [-0.15, -0.1) is 0 Å². The van der Waals surface area contributed by atoms with E-state index >= 15 is 0 Å². The van der Waals surface area contributed by atoms with Crippen LogP contribution in [0.5, 0.6) is 5.75 Å². The molecule has 3 aromatic rings. The Labute approximate surface area is 157 Å². The lowest BCUT2D eigenvalue weighted by molar-refractivity contribution is 0.242. The SMILES string of the molecule is Cc1noc2c1-c1ccc(OC(C)C)cc1C(c1ccc(Cl)cc1)=NC2. The van der Waals surface area contributed by atoms with Crippen molar-refractivity contribution in [3.05, 3.63) is 70.1 Å². The summed E-state index contributed by atoms with van der Waals surface area (Å²) in [5.41, 5.74) is 5.86. The van der Waals surface area contributed by atoms with Crippen LogP contribution in [0.15, 0.2) is 52.0 Å². The number of rotatable bonds is 3. The van der Waals surface area contributed by atoms with Crippen LogP contribution in [0.2, 0.25) is 5.02 Å². The normalized spacial score (nSPS) is 13.0. The van der Waals surface area contributed by atoms with Gasteiger partial charge in [-0.25, -0.2) is 0 Å². The standard InChI is InChI=1S/C21H19ClN2O2/c1-12(2)25-16-8-9-17-18(10-16)21(14-4-6-15(22)7-5-14)23-11-19-20(17)13(3)24-26-19/h4-10,12H,11H2,1-3H3. The molecule has 0 amide bonds. The molecule has 0 spiro atoms. The second-order valence-electron chi connectivity index (χ2n) is 6.61.